The normalized spacial score (nSPS) is 11.7. The highest BCUT2D eigenvalue weighted by molar-refractivity contribution is 6.00. The van der Waals surface area contributed by atoms with Gasteiger partial charge in [-0.25, -0.2) is 4.79 Å². The molecule has 2 aromatic rings. The summed E-state index contributed by atoms with van der Waals surface area (Å²) in [5.74, 6) is -0.885. The highest BCUT2D eigenvalue weighted by Crippen LogP contribution is 2.17. The zero-order chi connectivity index (χ0) is 22.4. The van der Waals surface area contributed by atoms with Crippen molar-refractivity contribution >= 4 is 17.7 Å². The molecule has 0 aliphatic carbocycles. The third kappa shape index (κ3) is 5.69. The molecule has 0 spiro atoms. The number of esters is 1. The molecular formula is C24H29NO5. The van der Waals surface area contributed by atoms with E-state index in [2.05, 4.69) is 5.32 Å². The Kier molecular flexibility index (Phi) is 7.75. The quantitative estimate of drug-likeness (QED) is 0.528. The van der Waals surface area contributed by atoms with Crippen molar-refractivity contribution in [2.24, 2.45) is 5.92 Å². The van der Waals surface area contributed by atoms with Gasteiger partial charge in [0.05, 0.1) is 7.11 Å². The Morgan fingerprint density at radius 1 is 0.933 bits per heavy atom. The average molecular weight is 411 g/mol. The lowest BCUT2D eigenvalue weighted by atomic mass is 9.98. The van der Waals surface area contributed by atoms with Gasteiger partial charge in [0.1, 0.15) is 11.8 Å². The van der Waals surface area contributed by atoms with Gasteiger partial charge < -0.3 is 14.8 Å². The van der Waals surface area contributed by atoms with Crippen molar-refractivity contribution in [1.82, 2.24) is 5.32 Å². The summed E-state index contributed by atoms with van der Waals surface area (Å²) in [6.45, 7) is 9.00. The van der Waals surface area contributed by atoms with Gasteiger partial charge in [-0.1, -0.05) is 19.9 Å². The second-order valence-corrected chi connectivity index (χ2v) is 7.71. The smallest absolute Gasteiger partial charge is 0.329 e. The third-order valence-electron chi connectivity index (χ3n) is 5.05. The number of aryl methyl sites for hydroxylation is 3. The van der Waals surface area contributed by atoms with Gasteiger partial charge in [0.25, 0.3) is 5.91 Å². The van der Waals surface area contributed by atoms with Crippen molar-refractivity contribution in [3.63, 3.8) is 0 Å². The van der Waals surface area contributed by atoms with Crippen LogP contribution in [0, 0.1) is 26.7 Å². The summed E-state index contributed by atoms with van der Waals surface area (Å²) in [6, 6.07) is 9.45. The number of carbonyl (C=O) groups is 3. The molecular weight excluding hydrogens is 382 g/mol. The number of nitrogens with one attached hydrogen (secondary N) is 1. The van der Waals surface area contributed by atoms with Crippen LogP contribution in [0.25, 0.3) is 0 Å². The van der Waals surface area contributed by atoms with Gasteiger partial charge in [-0.05, 0) is 73.7 Å². The monoisotopic (exact) mass is 411 g/mol. The van der Waals surface area contributed by atoms with Crippen LogP contribution in [0.2, 0.25) is 0 Å². The molecule has 30 heavy (non-hydrogen) atoms. The summed E-state index contributed by atoms with van der Waals surface area (Å²) < 4.78 is 10.3. The summed E-state index contributed by atoms with van der Waals surface area (Å²) in [5, 5.41) is 2.70. The zero-order valence-electron chi connectivity index (χ0n) is 18.4. The second kappa shape index (κ2) is 10.1. The van der Waals surface area contributed by atoms with Gasteiger partial charge >= 0.3 is 5.97 Å². The van der Waals surface area contributed by atoms with Gasteiger partial charge in [-0.2, -0.15) is 0 Å². The molecule has 0 radical (unpaired) electrons. The van der Waals surface area contributed by atoms with Crippen LogP contribution in [0.15, 0.2) is 36.4 Å². The first-order chi connectivity index (χ1) is 14.1. The van der Waals surface area contributed by atoms with E-state index < -0.39 is 17.9 Å². The van der Waals surface area contributed by atoms with E-state index in [9.17, 15) is 14.4 Å². The van der Waals surface area contributed by atoms with Crippen molar-refractivity contribution in [3.8, 4) is 5.75 Å². The lowest BCUT2D eigenvalue weighted by molar-refractivity contribution is -0.145. The summed E-state index contributed by atoms with van der Waals surface area (Å²) in [4.78, 5) is 37.6. The molecule has 6 nitrogen and oxygen atoms in total. The Bertz CT molecular complexity index is 931. The fourth-order valence-electron chi connectivity index (χ4n) is 3.03. The minimum atomic E-state index is -0.867. The minimum Gasteiger partial charge on any atom is -0.497 e. The molecule has 0 saturated heterocycles. The largest absolute Gasteiger partial charge is 0.497 e. The van der Waals surface area contributed by atoms with Crippen LogP contribution in [-0.4, -0.2) is 37.4 Å². The molecule has 1 atom stereocenters. The molecule has 0 aliphatic heterocycles. The van der Waals surface area contributed by atoms with E-state index in [1.807, 2.05) is 32.9 Å². The van der Waals surface area contributed by atoms with Crippen LogP contribution in [0.4, 0.5) is 0 Å². The van der Waals surface area contributed by atoms with E-state index >= 15 is 0 Å². The molecule has 0 unspecified atom stereocenters. The molecule has 6 heteroatoms. The predicted octanol–water partition coefficient (Wildman–Crippen LogP) is 3.80. The Balaban J connectivity index is 2.04. The summed E-state index contributed by atoms with van der Waals surface area (Å²) in [7, 11) is 1.54. The molecule has 0 heterocycles. The summed E-state index contributed by atoms with van der Waals surface area (Å²) in [5.41, 5.74) is 3.88. The molecule has 2 aromatic carbocycles. The van der Waals surface area contributed by atoms with Crippen LogP contribution in [0.3, 0.4) is 0 Å². The molecule has 160 valence electrons. The Morgan fingerprint density at radius 3 is 2.10 bits per heavy atom. The van der Waals surface area contributed by atoms with Crippen molar-refractivity contribution in [1.29, 1.82) is 0 Å². The van der Waals surface area contributed by atoms with Crippen LogP contribution in [0.5, 0.6) is 5.75 Å². The van der Waals surface area contributed by atoms with E-state index in [-0.39, 0.29) is 18.3 Å². The fourth-order valence-corrected chi connectivity index (χ4v) is 3.03. The first kappa shape index (κ1) is 23.1. The molecule has 0 aliphatic rings. The van der Waals surface area contributed by atoms with Gasteiger partial charge in [0, 0.05) is 11.1 Å². The highest BCUT2D eigenvalue weighted by Gasteiger charge is 2.27. The Morgan fingerprint density at radius 2 is 1.53 bits per heavy atom. The van der Waals surface area contributed by atoms with Crippen molar-refractivity contribution in [3.05, 3.63) is 64.2 Å². The number of carbonyl (C=O) groups excluding carboxylic acids is 3. The molecule has 0 bridgehead atoms. The highest BCUT2D eigenvalue weighted by atomic mass is 16.5. The van der Waals surface area contributed by atoms with Crippen molar-refractivity contribution in [2.45, 2.75) is 40.7 Å². The van der Waals surface area contributed by atoms with Crippen LogP contribution < -0.4 is 10.1 Å². The van der Waals surface area contributed by atoms with Crippen LogP contribution in [0.1, 0.15) is 51.3 Å². The molecule has 0 aromatic heterocycles. The summed E-state index contributed by atoms with van der Waals surface area (Å²) >= 11 is 0. The number of Topliss-reactive ketones (excluding diaryl/α,β-unsaturated/α-hetero) is 1. The van der Waals surface area contributed by atoms with Crippen molar-refractivity contribution in [2.75, 3.05) is 13.7 Å². The molecule has 0 fully saturated rings. The number of hydrogen-bond donors (Lipinski definition) is 1. The van der Waals surface area contributed by atoms with E-state index in [4.69, 9.17) is 9.47 Å². The summed E-state index contributed by atoms with van der Waals surface area (Å²) in [6.07, 6.45) is 0. The Labute approximate surface area is 177 Å². The standard InChI is InChI=1S/C24H29NO5/c1-14(2)22(25-23(27)18-7-9-19(29-6)10-8-18)24(28)30-13-21(26)20-12-16(4)15(3)11-17(20)5/h7-12,14,22H,13H2,1-6H3,(H,25,27)/t22-/m1/s1. The number of ketones is 1. The average Bonchev–Trinajstić information content (AvgIpc) is 2.72. The minimum absolute atomic E-state index is 0.210. The van der Waals surface area contributed by atoms with Crippen LogP contribution >= 0.6 is 0 Å². The number of ether oxygens (including phenoxy) is 2. The predicted molar refractivity (Wildman–Crippen MR) is 115 cm³/mol. The molecule has 1 amide bonds. The number of hydrogen-bond acceptors (Lipinski definition) is 5. The van der Waals surface area contributed by atoms with E-state index in [1.54, 1.807) is 45.2 Å². The molecule has 0 saturated carbocycles. The number of benzene rings is 2. The topological polar surface area (TPSA) is 81.7 Å². The number of methoxy groups -OCH3 is 1. The first-order valence-corrected chi connectivity index (χ1v) is 9.86. The van der Waals surface area contributed by atoms with Crippen LogP contribution in [-0.2, 0) is 9.53 Å². The number of amides is 1. The maximum Gasteiger partial charge on any atom is 0.329 e. The third-order valence-corrected chi connectivity index (χ3v) is 5.05. The van der Waals surface area contributed by atoms with Gasteiger partial charge in [0.2, 0.25) is 5.78 Å². The zero-order valence-corrected chi connectivity index (χ0v) is 18.4. The van der Waals surface area contributed by atoms with Gasteiger partial charge in [-0.3, -0.25) is 9.59 Å². The fraction of sp³-hybridized carbons (Fsp3) is 0.375. The second-order valence-electron chi connectivity index (χ2n) is 7.71. The lowest BCUT2D eigenvalue weighted by Crippen LogP contribution is -2.45. The SMILES string of the molecule is COc1ccc(C(=O)N[C@@H](C(=O)OCC(=O)c2cc(C)c(C)cc2C)C(C)C)cc1. The lowest BCUT2D eigenvalue weighted by Gasteiger charge is -2.21. The van der Waals surface area contributed by atoms with E-state index in [1.165, 1.54) is 0 Å². The van der Waals surface area contributed by atoms with Gasteiger partial charge in [0.15, 0.2) is 6.61 Å². The maximum atomic E-state index is 12.6. The van der Waals surface area contributed by atoms with Gasteiger partial charge in [-0.15, -0.1) is 0 Å². The van der Waals surface area contributed by atoms with E-state index in [0.717, 1.165) is 16.7 Å². The first-order valence-electron chi connectivity index (χ1n) is 9.86. The van der Waals surface area contributed by atoms with E-state index in [0.29, 0.717) is 16.9 Å². The number of rotatable bonds is 8. The molecule has 1 N–H and O–H groups in total. The van der Waals surface area contributed by atoms with Crippen molar-refractivity contribution < 1.29 is 23.9 Å². The molecule has 2 rings (SSSR count). The Hall–Kier alpha value is -3.15. The maximum absolute atomic E-state index is 12.6.